The molecule has 1 heterocycles. The summed E-state index contributed by atoms with van der Waals surface area (Å²) in [6.07, 6.45) is 1.98. The van der Waals surface area contributed by atoms with Gasteiger partial charge in [-0.25, -0.2) is 8.42 Å². The quantitative estimate of drug-likeness (QED) is 0.936. The zero-order chi connectivity index (χ0) is 14.8. The van der Waals surface area contributed by atoms with Crippen LogP contribution in [-0.4, -0.2) is 24.8 Å². The summed E-state index contributed by atoms with van der Waals surface area (Å²) in [7, 11) is -3.26. The number of ether oxygens (including phenoxy) is 1. The van der Waals surface area contributed by atoms with E-state index in [1.165, 1.54) is 18.3 Å². The third-order valence-electron chi connectivity index (χ3n) is 2.66. The Morgan fingerprint density at radius 1 is 1.20 bits per heavy atom. The lowest BCUT2D eigenvalue weighted by molar-refractivity contribution is 0.194. The van der Waals surface area contributed by atoms with Crippen molar-refractivity contribution >= 4 is 9.84 Å². The lowest BCUT2D eigenvalue weighted by atomic mass is 10.2. The molecule has 5 nitrogen and oxygen atoms in total. The Labute approximate surface area is 117 Å². The van der Waals surface area contributed by atoms with E-state index < -0.39 is 15.9 Å². The fourth-order valence-corrected chi connectivity index (χ4v) is 2.26. The Morgan fingerprint density at radius 3 is 2.50 bits per heavy atom. The van der Waals surface area contributed by atoms with E-state index in [0.29, 0.717) is 17.2 Å². The van der Waals surface area contributed by atoms with Crippen LogP contribution in [-0.2, 0) is 9.84 Å². The van der Waals surface area contributed by atoms with Crippen molar-refractivity contribution in [1.29, 1.82) is 0 Å². The van der Waals surface area contributed by atoms with Gasteiger partial charge in [-0.1, -0.05) is 6.07 Å². The number of aliphatic hydroxyl groups is 1. The third-order valence-corrected chi connectivity index (χ3v) is 3.77. The van der Waals surface area contributed by atoms with Gasteiger partial charge < -0.3 is 9.84 Å². The smallest absolute Gasteiger partial charge is 0.175 e. The third kappa shape index (κ3) is 3.55. The number of aliphatic hydroxyl groups excluding tert-OH is 1. The second-order valence-electron chi connectivity index (χ2n) is 4.44. The van der Waals surface area contributed by atoms with Crippen LogP contribution in [0.25, 0.3) is 0 Å². The molecule has 2 rings (SSSR count). The summed E-state index contributed by atoms with van der Waals surface area (Å²) in [6.45, 7) is 1.62. The maximum absolute atomic E-state index is 11.5. The molecule has 0 fully saturated rings. The van der Waals surface area contributed by atoms with E-state index in [-0.39, 0.29) is 4.90 Å². The number of nitrogens with zero attached hydrogens (tertiary/aromatic N) is 1. The lowest BCUT2D eigenvalue weighted by Gasteiger charge is -2.08. The predicted octanol–water partition coefficient (Wildman–Crippen LogP) is 2.33. The number of benzene rings is 1. The molecule has 0 bridgehead atoms. The largest absolute Gasteiger partial charge is 0.456 e. The van der Waals surface area contributed by atoms with Crippen molar-refractivity contribution < 1.29 is 18.3 Å². The molecule has 0 unspecified atom stereocenters. The molecular weight excluding hydrogens is 278 g/mol. The Morgan fingerprint density at radius 2 is 1.95 bits per heavy atom. The molecule has 0 aliphatic rings. The molecule has 0 aliphatic carbocycles. The number of hydrogen-bond acceptors (Lipinski definition) is 5. The summed E-state index contributed by atoms with van der Waals surface area (Å²) in [5.41, 5.74) is 0.544. The SMILES string of the molecule is C[C@@H](O)c1ccc(Oc2cccc(S(C)(=O)=O)c2)cn1. The van der Waals surface area contributed by atoms with Crippen molar-refractivity contribution in [2.45, 2.75) is 17.9 Å². The highest BCUT2D eigenvalue weighted by Crippen LogP contribution is 2.24. The van der Waals surface area contributed by atoms with Gasteiger partial charge in [0, 0.05) is 6.26 Å². The summed E-state index contributed by atoms with van der Waals surface area (Å²) in [5, 5.41) is 9.36. The molecule has 1 aromatic carbocycles. The summed E-state index contributed by atoms with van der Waals surface area (Å²) in [5.74, 6) is 0.888. The first-order valence-corrected chi connectivity index (χ1v) is 7.87. The van der Waals surface area contributed by atoms with Crippen LogP contribution in [0.4, 0.5) is 0 Å². The zero-order valence-electron chi connectivity index (χ0n) is 11.1. The molecule has 0 saturated heterocycles. The second-order valence-corrected chi connectivity index (χ2v) is 6.46. The molecule has 1 atom stereocenters. The van der Waals surface area contributed by atoms with E-state index in [4.69, 9.17) is 4.74 Å². The van der Waals surface area contributed by atoms with Gasteiger partial charge in [0.1, 0.15) is 11.5 Å². The minimum absolute atomic E-state index is 0.198. The molecule has 2 aromatic rings. The number of aromatic nitrogens is 1. The molecule has 106 valence electrons. The van der Waals surface area contributed by atoms with Gasteiger partial charge >= 0.3 is 0 Å². The number of pyridine rings is 1. The predicted molar refractivity (Wildman–Crippen MR) is 74.5 cm³/mol. The van der Waals surface area contributed by atoms with Gasteiger partial charge in [0.25, 0.3) is 0 Å². The molecule has 1 N–H and O–H groups in total. The van der Waals surface area contributed by atoms with Gasteiger partial charge in [0.2, 0.25) is 0 Å². The summed E-state index contributed by atoms with van der Waals surface area (Å²) < 4.78 is 28.5. The Balaban J connectivity index is 2.22. The fraction of sp³-hybridized carbons (Fsp3) is 0.214. The van der Waals surface area contributed by atoms with Crippen LogP contribution in [0.1, 0.15) is 18.7 Å². The molecule has 0 radical (unpaired) electrons. The standard InChI is InChI=1S/C14H15NO4S/c1-10(16)14-7-6-12(9-15-14)19-11-4-3-5-13(8-11)20(2,17)18/h3-10,16H,1-2H3/t10-/m1/s1. The molecule has 6 heteroatoms. The van der Waals surface area contributed by atoms with Crippen molar-refractivity contribution in [1.82, 2.24) is 4.98 Å². The van der Waals surface area contributed by atoms with E-state index in [2.05, 4.69) is 4.98 Å². The van der Waals surface area contributed by atoms with E-state index >= 15 is 0 Å². The average molecular weight is 293 g/mol. The van der Waals surface area contributed by atoms with Gasteiger partial charge in [0.05, 0.1) is 22.9 Å². The van der Waals surface area contributed by atoms with Gasteiger partial charge in [-0.15, -0.1) is 0 Å². The monoisotopic (exact) mass is 293 g/mol. The van der Waals surface area contributed by atoms with Crippen LogP contribution in [0, 0.1) is 0 Å². The number of rotatable bonds is 4. The Bertz CT molecular complexity index is 693. The minimum Gasteiger partial charge on any atom is -0.456 e. The second kappa shape index (κ2) is 5.60. The number of sulfone groups is 1. The van der Waals surface area contributed by atoms with Crippen molar-refractivity contribution in [3.05, 3.63) is 48.3 Å². The fourth-order valence-electron chi connectivity index (χ4n) is 1.60. The summed E-state index contributed by atoms with van der Waals surface area (Å²) in [6, 6.07) is 9.57. The van der Waals surface area contributed by atoms with Crippen LogP contribution in [0.3, 0.4) is 0 Å². The summed E-state index contributed by atoms with van der Waals surface area (Å²) in [4.78, 5) is 4.25. The van der Waals surface area contributed by atoms with Crippen LogP contribution in [0.5, 0.6) is 11.5 Å². The highest BCUT2D eigenvalue weighted by molar-refractivity contribution is 7.90. The molecular formula is C14H15NO4S. The molecule has 20 heavy (non-hydrogen) atoms. The van der Waals surface area contributed by atoms with Gasteiger partial charge in [-0.3, -0.25) is 4.98 Å². The van der Waals surface area contributed by atoms with E-state index in [0.717, 1.165) is 6.26 Å². The Hall–Kier alpha value is -1.92. The first-order chi connectivity index (χ1) is 9.36. The van der Waals surface area contributed by atoms with E-state index in [9.17, 15) is 13.5 Å². The van der Waals surface area contributed by atoms with Gasteiger partial charge in [0.15, 0.2) is 9.84 Å². The number of hydrogen-bond donors (Lipinski definition) is 1. The topological polar surface area (TPSA) is 76.5 Å². The molecule has 0 amide bonds. The molecule has 0 saturated carbocycles. The van der Waals surface area contributed by atoms with Crippen LogP contribution >= 0.6 is 0 Å². The molecule has 0 aliphatic heterocycles. The van der Waals surface area contributed by atoms with Crippen LogP contribution in [0.2, 0.25) is 0 Å². The first kappa shape index (κ1) is 14.5. The summed E-state index contributed by atoms with van der Waals surface area (Å²) >= 11 is 0. The molecule has 1 aromatic heterocycles. The minimum atomic E-state index is -3.26. The highest BCUT2D eigenvalue weighted by Gasteiger charge is 2.09. The van der Waals surface area contributed by atoms with Gasteiger partial charge in [-0.2, -0.15) is 0 Å². The van der Waals surface area contributed by atoms with Crippen molar-refractivity contribution in [2.75, 3.05) is 6.26 Å². The zero-order valence-corrected chi connectivity index (χ0v) is 12.0. The highest BCUT2D eigenvalue weighted by atomic mass is 32.2. The maximum atomic E-state index is 11.5. The first-order valence-electron chi connectivity index (χ1n) is 5.98. The lowest BCUT2D eigenvalue weighted by Crippen LogP contribution is -1.97. The van der Waals surface area contributed by atoms with Crippen LogP contribution < -0.4 is 4.74 Å². The maximum Gasteiger partial charge on any atom is 0.175 e. The normalized spacial score (nSPS) is 12.9. The Kier molecular flexibility index (Phi) is 4.06. The molecule has 0 spiro atoms. The van der Waals surface area contributed by atoms with Crippen molar-refractivity contribution in [3.63, 3.8) is 0 Å². The van der Waals surface area contributed by atoms with Gasteiger partial charge in [-0.05, 0) is 37.3 Å². The van der Waals surface area contributed by atoms with Crippen molar-refractivity contribution in [2.24, 2.45) is 0 Å². The average Bonchev–Trinajstić information content (AvgIpc) is 2.38. The van der Waals surface area contributed by atoms with Crippen LogP contribution in [0.15, 0.2) is 47.5 Å². The van der Waals surface area contributed by atoms with E-state index in [1.54, 1.807) is 31.2 Å². The van der Waals surface area contributed by atoms with Crippen molar-refractivity contribution in [3.8, 4) is 11.5 Å². The van der Waals surface area contributed by atoms with E-state index in [1.807, 2.05) is 0 Å².